The van der Waals surface area contributed by atoms with Crippen LogP contribution in [-0.2, 0) is 19.1 Å². The molecule has 0 aromatic heterocycles. The predicted molar refractivity (Wildman–Crippen MR) is 72.5 cm³/mol. The van der Waals surface area contributed by atoms with Crippen LogP contribution in [0, 0.1) is 5.92 Å². The molecule has 0 unspecified atom stereocenters. The maximum absolute atomic E-state index is 12.0. The van der Waals surface area contributed by atoms with Crippen molar-refractivity contribution in [3.8, 4) is 0 Å². The molecule has 1 N–H and O–H groups in total. The third-order valence-electron chi connectivity index (χ3n) is 2.49. The zero-order chi connectivity index (χ0) is 14.8. The second kappa shape index (κ2) is 9.30. The monoisotopic (exact) mass is 269 g/mol. The van der Waals surface area contributed by atoms with Crippen LogP contribution >= 0.6 is 0 Å². The van der Waals surface area contributed by atoms with Crippen LogP contribution in [0.3, 0.4) is 0 Å². The lowest BCUT2D eigenvalue weighted by molar-refractivity contribution is -0.134. The van der Waals surface area contributed by atoms with Crippen LogP contribution in [0.1, 0.15) is 40.0 Å². The van der Waals surface area contributed by atoms with Crippen molar-refractivity contribution in [3.05, 3.63) is 12.2 Å². The van der Waals surface area contributed by atoms with Gasteiger partial charge in [0.25, 0.3) is 0 Å². The fraction of sp³-hybridized carbons (Fsp3) is 0.643. The Labute approximate surface area is 114 Å². The number of ether oxygens (including phenoxy) is 1. The summed E-state index contributed by atoms with van der Waals surface area (Å²) in [5.74, 6) is -0.332. The highest BCUT2D eigenvalue weighted by molar-refractivity contribution is 5.88. The number of carbonyl (C=O) groups is 3. The first-order valence-electron chi connectivity index (χ1n) is 6.41. The number of carbonyl (C=O) groups excluding carboxylic acids is 3. The van der Waals surface area contributed by atoms with Crippen molar-refractivity contribution in [2.45, 2.75) is 46.1 Å². The number of ketones is 1. The van der Waals surface area contributed by atoms with E-state index in [4.69, 9.17) is 0 Å². The number of hydrogen-bond donors (Lipinski definition) is 1. The minimum Gasteiger partial charge on any atom is -0.466 e. The van der Waals surface area contributed by atoms with Crippen LogP contribution in [0.4, 0.5) is 0 Å². The van der Waals surface area contributed by atoms with Gasteiger partial charge in [-0.2, -0.15) is 0 Å². The second-order valence-electron chi connectivity index (χ2n) is 4.81. The molecule has 0 bridgehead atoms. The van der Waals surface area contributed by atoms with Gasteiger partial charge in [0.15, 0.2) is 5.78 Å². The summed E-state index contributed by atoms with van der Waals surface area (Å²) in [6.45, 7) is 5.40. The summed E-state index contributed by atoms with van der Waals surface area (Å²) in [5.41, 5.74) is 0. The van der Waals surface area contributed by atoms with Crippen molar-refractivity contribution in [1.29, 1.82) is 0 Å². The Balaban J connectivity index is 4.28. The zero-order valence-corrected chi connectivity index (χ0v) is 12.1. The lowest BCUT2D eigenvalue weighted by Gasteiger charge is -2.18. The van der Waals surface area contributed by atoms with Gasteiger partial charge in [-0.05, 0) is 18.8 Å². The minimum absolute atomic E-state index is 0.0154. The van der Waals surface area contributed by atoms with E-state index in [1.807, 2.05) is 13.8 Å². The van der Waals surface area contributed by atoms with Gasteiger partial charge in [-0.25, -0.2) is 4.79 Å². The topological polar surface area (TPSA) is 72.5 Å². The van der Waals surface area contributed by atoms with E-state index in [2.05, 4.69) is 10.1 Å². The predicted octanol–water partition coefficient (Wildman–Crippen LogP) is 1.62. The second-order valence-corrected chi connectivity index (χ2v) is 4.81. The molecule has 5 heteroatoms. The van der Waals surface area contributed by atoms with Gasteiger partial charge in [-0.3, -0.25) is 9.59 Å². The molecule has 0 aliphatic rings. The van der Waals surface area contributed by atoms with E-state index >= 15 is 0 Å². The molecular weight excluding hydrogens is 246 g/mol. The number of allylic oxidation sites excluding steroid dienone is 1. The van der Waals surface area contributed by atoms with E-state index in [0.29, 0.717) is 25.2 Å². The highest BCUT2D eigenvalue weighted by atomic mass is 16.5. The molecule has 19 heavy (non-hydrogen) atoms. The highest BCUT2D eigenvalue weighted by Gasteiger charge is 2.19. The zero-order valence-electron chi connectivity index (χ0n) is 12.1. The van der Waals surface area contributed by atoms with Crippen molar-refractivity contribution in [3.63, 3.8) is 0 Å². The van der Waals surface area contributed by atoms with Crippen molar-refractivity contribution in [2.75, 3.05) is 7.11 Å². The number of esters is 1. The molecule has 1 amide bonds. The first kappa shape index (κ1) is 17.4. The Bertz CT molecular complexity index is 347. The van der Waals surface area contributed by atoms with Crippen LogP contribution < -0.4 is 5.32 Å². The number of amides is 1. The fourth-order valence-electron chi connectivity index (χ4n) is 1.64. The molecule has 0 fully saturated rings. The van der Waals surface area contributed by atoms with Crippen LogP contribution in [-0.4, -0.2) is 30.8 Å². The highest BCUT2D eigenvalue weighted by Crippen LogP contribution is 2.09. The smallest absolute Gasteiger partial charge is 0.330 e. The van der Waals surface area contributed by atoms with Gasteiger partial charge in [0.05, 0.1) is 13.2 Å². The van der Waals surface area contributed by atoms with Crippen LogP contribution in [0.2, 0.25) is 0 Å². The maximum atomic E-state index is 12.0. The lowest BCUT2D eigenvalue weighted by atomic mass is 9.97. The minimum atomic E-state index is -0.441. The van der Waals surface area contributed by atoms with E-state index in [1.165, 1.54) is 20.1 Å². The molecule has 0 saturated carbocycles. The number of rotatable bonds is 8. The number of hydrogen-bond acceptors (Lipinski definition) is 4. The van der Waals surface area contributed by atoms with Gasteiger partial charge in [0, 0.05) is 19.4 Å². The third-order valence-corrected chi connectivity index (χ3v) is 2.49. The average molecular weight is 269 g/mol. The summed E-state index contributed by atoms with van der Waals surface area (Å²) >= 11 is 0. The molecule has 0 aliphatic carbocycles. The summed E-state index contributed by atoms with van der Waals surface area (Å²) < 4.78 is 4.44. The molecule has 5 nitrogen and oxygen atoms in total. The molecule has 0 aromatic rings. The molecular formula is C14H23NO4. The van der Waals surface area contributed by atoms with E-state index in [1.54, 1.807) is 6.08 Å². The summed E-state index contributed by atoms with van der Waals surface area (Å²) in [6, 6.07) is -0.441. The van der Waals surface area contributed by atoms with Crippen molar-refractivity contribution >= 4 is 17.7 Å². The summed E-state index contributed by atoms with van der Waals surface area (Å²) in [4.78, 5) is 33.9. The molecule has 108 valence electrons. The largest absolute Gasteiger partial charge is 0.466 e. The lowest BCUT2D eigenvalue weighted by Crippen LogP contribution is -2.40. The number of nitrogens with one attached hydrogen (secondary N) is 1. The van der Waals surface area contributed by atoms with Gasteiger partial charge in [-0.1, -0.05) is 19.9 Å². The first-order chi connectivity index (χ1) is 8.86. The van der Waals surface area contributed by atoms with Crippen molar-refractivity contribution in [1.82, 2.24) is 5.32 Å². The van der Waals surface area contributed by atoms with Gasteiger partial charge in [0.1, 0.15) is 0 Å². The standard InChI is InChI=1S/C14H23NO4/c1-10(2)9-12(15-11(3)16)13(17)7-5-6-8-14(18)19-4/h6,8,10,12H,5,7,9H2,1-4H3,(H,15,16)/b8-6+/t12-/m0/s1. The van der Waals surface area contributed by atoms with Crippen LogP contribution in [0.15, 0.2) is 12.2 Å². The summed E-state index contributed by atoms with van der Waals surface area (Å²) in [7, 11) is 1.30. The molecule has 0 spiro atoms. The summed E-state index contributed by atoms with van der Waals surface area (Å²) in [6.07, 6.45) is 4.28. The number of Topliss-reactive ketones (excluding diaryl/α,β-unsaturated/α-hetero) is 1. The Morgan fingerprint density at radius 2 is 1.89 bits per heavy atom. The molecule has 0 aliphatic heterocycles. The average Bonchev–Trinajstić information content (AvgIpc) is 2.31. The van der Waals surface area contributed by atoms with Gasteiger partial charge >= 0.3 is 5.97 Å². The third kappa shape index (κ3) is 8.99. The molecule has 0 rings (SSSR count). The van der Waals surface area contributed by atoms with Crippen LogP contribution in [0.25, 0.3) is 0 Å². The van der Waals surface area contributed by atoms with Crippen molar-refractivity contribution < 1.29 is 19.1 Å². The van der Waals surface area contributed by atoms with E-state index in [0.717, 1.165) is 0 Å². The van der Waals surface area contributed by atoms with E-state index in [9.17, 15) is 14.4 Å². The Kier molecular flexibility index (Phi) is 8.49. The molecule has 0 radical (unpaired) electrons. The van der Waals surface area contributed by atoms with Gasteiger partial charge in [-0.15, -0.1) is 0 Å². The molecule has 0 saturated heterocycles. The Morgan fingerprint density at radius 3 is 2.37 bits per heavy atom. The molecule has 1 atom stereocenters. The van der Waals surface area contributed by atoms with E-state index < -0.39 is 12.0 Å². The Hall–Kier alpha value is -1.65. The normalized spacial score (nSPS) is 12.5. The van der Waals surface area contributed by atoms with Gasteiger partial charge < -0.3 is 10.1 Å². The summed E-state index contributed by atoms with van der Waals surface area (Å²) in [5, 5.41) is 2.67. The molecule has 0 aromatic carbocycles. The maximum Gasteiger partial charge on any atom is 0.330 e. The van der Waals surface area contributed by atoms with Crippen molar-refractivity contribution in [2.24, 2.45) is 5.92 Å². The van der Waals surface area contributed by atoms with Crippen LogP contribution in [0.5, 0.6) is 0 Å². The quantitative estimate of drug-likeness (QED) is 0.537. The van der Waals surface area contributed by atoms with E-state index in [-0.39, 0.29) is 11.7 Å². The SMILES string of the molecule is COC(=O)/C=C/CCC(=O)[C@H](CC(C)C)NC(C)=O. The first-order valence-corrected chi connectivity index (χ1v) is 6.41. The molecule has 0 heterocycles. The fourth-order valence-corrected chi connectivity index (χ4v) is 1.64. The van der Waals surface area contributed by atoms with Gasteiger partial charge in [0.2, 0.25) is 5.91 Å². The number of methoxy groups -OCH3 is 1. The Morgan fingerprint density at radius 1 is 1.26 bits per heavy atom.